The minimum Gasteiger partial charge on any atom is -0.478 e. The summed E-state index contributed by atoms with van der Waals surface area (Å²) in [7, 11) is 0. The van der Waals surface area contributed by atoms with Gasteiger partial charge in [-0.3, -0.25) is 0 Å². The number of carboxylic acids is 2. The van der Waals surface area contributed by atoms with E-state index in [0.29, 0.717) is 0 Å². The van der Waals surface area contributed by atoms with Crippen LogP contribution in [0.3, 0.4) is 0 Å². The first-order valence-corrected chi connectivity index (χ1v) is 10.9. The number of hydrogen-bond acceptors (Lipinski definition) is 8. The predicted octanol–water partition coefficient (Wildman–Crippen LogP) is 2.47. The summed E-state index contributed by atoms with van der Waals surface area (Å²) in [5, 5.41) is 34.0. The summed E-state index contributed by atoms with van der Waals surface area (Å²) in [5.41, 5.74) is -0.736. The number of aliphatic hydroxyl groups is 2. The quantitative estimate of drug-likeness (QED) is 0.207. The highest BCUT2D eigenvalue weighted by Gasteiger charge is 2.29. The summed E-state index contributed by atoms with van der Waals surface area (Å²) in [5.74, 6) is -3.24. The average molecular weight is 481 g/mol. The number of carboxylic acid groups (broad SMARTS) is 2. The van der Waals surface area contributed by atoms with Gasteiger partial charge in [-0.05, 0) is 25.7 Å². The van der Waals surface area contributed by atoms with E-state index in [2.05, 4.69) is 9.47 Å². The zero-order valence-electron chi connectivity index (χ0n) is 18.9. The third-order valence-corrected chi connectivity index (χ3v) is 5.70. The van der Waals surface area contributed by atoms with E-state index in [0.717, 1.165) is 63.5 Å². The topological polar surface area (TPSA) is 168 Å². The molecular formula is C24H32O10. The van der Waals surface area contributed by atoms with Crippen molar-refractivity contribution in [2.24, 2.45) is 10.8 Å². The van der Waals surface area contributed by atoms with Crippen molar-refractivity contribution in [3.05, 3.63) is 48.6 Å². The van der Waals surface area contributed by atoms with Gasteiger partial charge >= 0.3 is 23.9 Å². The van der Waals surface area contributed by atoms with Crippen molar-refractivity contribution in [2.45, 2.75) is 51.4 Å². The molecule has 0 amide bonds. The number of hydrogen-bond donors (Lipinski definition) is 4. The summed E-state index contributed by atoms with van der Waals surface area (Å²) >= 11 is 0. The number of allylic oxidation sites excluding steroid dienone is 4. The van der Waals surface area contributed by atoms with Gasteiger partial charge < -0.3 is 29.9 Å². The lowest BCUT2D eigenvalue weighted by Crippen LogP contribution is -2.11. The van der Waals surface area contributed by atoms with Gasteiger partial charge in [0.25, 0.3) is 0 Å². The van der Waals surface area contributed by atoms with Crippen LogP contribution < -0.4 is 0 Å². The minimum absolute atomic E-state index is 0.368. The number of carbonyl (C=O) groups excluding carboxylic acids is 2. The molecule has 0 aromatic rings. The number of esters is 2. The zero-order chi connectivity index (χ0) is 25.5. The van der Waals surface area contributed by atoms with Crippen molar-refractivity contribution < 1.29 is 49.1 Å². The van der Waals surface area contributed by atoms with Crippen LogP contribution in [0.25, 0.3) is 0 Å². The molecule has 2 aliphatic rings. The predicted molar refractivity (Wildman–Crippen MR) is 120 cm³/mol. The Morgan fingerprint density at radius 1 is 0.588 bits per heavy atom. The molecule has 10 heteroatoms. The molecule has 0 atom stereocenters. The third-order valence-electron chi connectivity index (χ3n) is 5.70. The zero-order valence-corrected chi connectivity index (χ0v) is 18.9. The van der Waals surface area contributed by atoms with Crippen LogP contribution in [0.2, 0.25) is 0 Å². The fraction of sp³-hybridized carbons (Fsp3) is 0.500. The summed E-state index contributed by atoms with van der Waals surface area (Å²) < 4.78 is 8.72. The highest BCUT2D eigenvalue weighted by atomic mass is 16.6. The Kier molecular flexibility index (Phi) is 12.5. The molecule has 0 spiro atoms. The molecule has 0 unspecified atom stereocenters. The first-order valence-electron chi connectivity index (χ1n) is 10.9. The monoisotopic (exact) mass is 480 g/mol. The summed E-state index contributed by atoms with van der Waals surface area (Å²) in [6.07, 6.45) is 18.5. The fourth-order valence-electron chi connectivity index (χ4n) is 4.01. The lowest BCUT2D eigenvalue weighted by molar-refractivity contribution is -0.146. The standard InChI is InChI=1S/2C12H16O5/c2*13-9-17-11(16)4-8-12(5-1-2-6-12)7-3-10(14)15/h2*3-4,7-8,13H,1-2,5-6,9H2,(H,14,15). The SMILES string of the molecule is O=C(O)C=CC1(C=CC(=O)OCO)CCCC1.O=C(O)C=CC1(C=CC(=O)OCO)CCCC1. The average Bonchev–Trinajstić information content (AvgIpc) is 3.46. The first kappa shape index (κ1) is 28.8. The second kappa shape index (κ2) is 14.8. The lowest BCUT2D eigenvalue weighted by Gasteiger charge is -2.19. The van der Waals surface area contributed by atoms with Crippen molar-refractivity contribution >= 4 is 23.9 Å². The number of aliphatic carboxylic acids is 2. The minimum atomic E-state index is -0.998. The van der Waals surface area contributed by atoms with E-state index in [1.54, 1.807) is 24.3 Å². The molecule has 0 aromatic carbocycles. The maximum Gasteiger partial charge on any atom is 0.332 e. The van der Waals surface area contributed by atoms with Crippen LogP contribution in [0.4, 0.5) is 0 Å². The van der Waals surface area contributed by atoms with Crippen molar-refractivity contribution in [3.8, 4) is 0 Å². The Hall–Kier alpha value is -3.24. The number of rotatable bonds is 10. The van der Waals surface area contributed by atoms with E-state index < -0.39 is 37.5 Å². The maximum atomic E-state index is 11.1. The molecule has 0 heterocycles. The second-order valence-electron chi connectivity index (χ2n) is 8.08. The molecule has 0 aliphatic heterocycles. The van der Waals surface area contributed by atoms with Gasteiger partial charge in [-0.15, -0.1) is 0 Å². The molecule has 4 N–H and O–H groups in total. The van der Waals surface area contributed by atoms with Gasteiger partial charge in [0.1, 0.15) is 0 Å². The summed E-state index contributed by atoms with van der Waals surface area (Å²) in [6.45, 7) is -1.30. The molecule has 188 valence electrons. The smallest absolute Gasteiger partial charge is 0.332 e. The highest BCUT2D eigenvalue weighted by Crippen LogP contribution is 2.41. The van der Waals surface area contributed by atoms with E-state index in [-0.39, 0.29) is 10.8 Å². The molecular weight excluding hydrogens is 448 g/mol. The summed E-state index contributed by atoms with van der Waals surface area (Å²) in [6, 6.07) is 0. The first-order chi connectivity index (χ1) is 16.2. The molecule has 0 radical (unpaired) electrons. The van der Waals surface area contributed by atoms with Gasteiger partial charge in [0.2, 0.25) is 0 Å². The number of ether oxygens (including phenoxy) is 2. The molecule has 2 rings (SSSR count). The van der Waals surface area contributed by atoms with Gasteiger partial charge in [-0.1, -0.05) is 50.0 Å². The van der Waals surface area contributed by atoms with Gasteiger partial charge in [-0.2, -0.15) is 0 Å². The van der Waals surface area contributed by atoms with Gasteiger partial charge in [-0.25, -0.2) is 19.2 Å². The van der Waals surface area contributed by atoms with Crippen LogP contribution in [0.15, 0.2) is 48.6 Å². The van der Waals surface area contributed by atoms with Crippen LogP contribution in [0, 0.1) is 10.8 Å². The van der Waals surface area contributed by atoms with E-state index in [4.69, 9.17) is 20.4 Å². The second-order valence-corrected chi connectivity index (χ2v) is 8.08. The molecule has 10 nitrogen and oxygen atoms in total. The molecule has 2 fully saturated rings. The molecule has 0 bridgehead atoms. The van der Waals surface area contributed by atoms with Crippen LogP contribution in [0.5, 0.6) is 0 Å². The largest absolute Gasteiger partial charge is 0.478 e. The lowest BCUT2D eigenvalue weighted by atomic mass is 9.85. The normalized spacial score (nSPS) is 18.9. The summed E-state index contributed by atoms with van der Waals surface area (Å²) in [4.78, 5) is 43.1. The number of aliphatic hydroxyl groups excluding tert-OH is 2. The van der Waals surface area contributed by atoms with Crippen LogP contribution >= 0.6 is 0 Å². The van der Waals surface area contributed by atoms with E-state index in [1.165, 1.54) is 12.2 Å². The Balaban J connectivity index is 0.000000340. The molecule has 2 aliphatic carbocycles. The third kappa shape index (κ3) is 11.1. The van der Waals surface area contributed by atoms with Gasteiger partial charge in [0.05, 0.1) is 0 Å². The molecule has 2 saturated carbocycles. The van der Waals surface area contributed by atoms with Gasteiger partial charge in [0, 0.05) is 35.1 Å². The van der Waals surface area contributed by atoms with Crippen LogP contribution in [-0.4, -0.2) is 57.9 Å². The fourth-order valence-corrected chi connectivity index (χ4v) is 4.01. The highest BCUT2D eigenvalue weighted by molar-refractivity contribution is 5.83. The van der Waals surface area contributed by atoms with Crippen molar-refractivity contribution in [2.75, 3.05) is 13.6 Å². The van der Waals surface area contributed by atoms with Crippen molar-refractivity contribution in [1.29, 1.82) is 0 Å². The van der Waals surface area contributed by atoms with E-state index >= 15 is 0 Å². The molecule has 34 heavy (non-hydrogen) atoms. The van der Waals surface area contributed by atoms with Crippen molar-refractivity contribution in [3.63, 3.8) is 0 Å². The number of carbonyl (C=O) groups is 4. The molecule has 0 saturated heterocycles. The Morgan fingerprint density at radius 3 is 1.15 bits per heavy atom. The maximum absolute atomic E-state index is 11.1. The Bertz CT molecular complexity index is 742. The Labute approximate surface area is 197 Å². The van der Waals surface area contributed by atoms with Crippen LogP contribution in [0.1, 0.15) is 51.4 Å². The van der Waals surface area contributed by atoms with Crippen LogP contribution in [-0.2, 0) is 28.7 Å². The van der Waals surface area contributed by atoms with Gasteiger partial charge in [0.15, 0.2) is 13.6 Å². The Morgan fingerprint density at radius 2 is 0.882 bits per heavy atom. The van der Waals surface area contributed by atoms with E-state index in [9.17, 15) is 19.2 Å². The van der Waals surface area contributed by atoms with E-state index in [1.807, 2.05) is 0 Å². The van der Waals surface area contributed by atoms with Crippen molar-refractivity contribution in [1.82, 2.24) is 0 Å². The molecule has 0 aromatic heterocycles.